The van der Waals surface area contributed by atoms with Crippen LogP contribution < -0.4 is 10.2 Å². The van der Waals surface area contributed by atoms with Crippen LogP contribution in [-0.4, -0.2) is 17.0 Å². The van der Waals surface area contributed by atoms with Gasteiger partial charge in [0.2, 0.25) is 0 Å². The molecule has 1 amide bonds. The van der Waals surface area contributed by atoms with Gasteiger partial charge in [0.1, 0.15) is 17.9 Å². The van der Waals surface area contributed by atoms with E-state index in [9.17, 15) is 14.9 Å². The van der Waals surface area contributed by atoms with Crippen molar-refractivity contribution in [2.24, 2.45) is 5.10 Å². The topological polar surface area (TPSA) is 107 Å². The van der Waals surface area contributed by atoms with Gasteiger partial charge in [-0.1, -0.05) is 42.0 Å². The molecule has 8 heteroatoms. The third-order valence-corrected chi connectivity index (χ3v) is 4.70. The lowest BCUT2D eigenvalue weighted by Gasteiger charge is -2.09. The van der Waals surface area contributed by atoms with Crippen LogP contribution in [0, 0.1) is 17.0 Å². The van der Waals surface area contributed by atoms with E-state index in [2.05, 4.69) is 16.6 Å². The second-order valence-corrected chi connectivity index (χ2v) is 7.10. The second-order valence-electron chi connectivity index (χ2n) is 7.10. The van der Waals surface area contributed by atoms with Gasteiger partial charge >= 0.3 is 5.91 Å². The van der Waals surface area contributed by atoms with Crippen LogP contribution >= 0.6 is 0 Å². The number of furan rings is 1. The fourth-order valence-corrected chi connectivity index (χ4v) is 3.15. The zero-order valence-electron chi connectivity index (χ0n) is 17.1. The fourth-order valence-electron chi connectivity index (χ4n) is 3.15. The molecule has 8 nitrogen and oxygen atoms in total. The van der Waals surface area contributed by atoms with Crippen LogP contribution in [0.3, 0.4) is 0 Å². The van der Waals surface area contributed by atoms with Gasteiger partial charge in [-0.2, -0.15) is 5.10 Å². The number of nitro benzene ring substituents is 1. The number of para-hydroxylation sites is 1. The zero-order valence-corrected chi connectivity index (χ0v) is 17.1. The van der Waals surface area contributed by atoms with Crippen LogP contribution in [-0.2, 0) is 6.61 Å². The van der Waals surface area contributed by atoms with Crippen molar-refractivity contribution in [3.63, 3.8) is 0 Å². The molecule has 3 aromatic carbocycles. The summed E-state index contributed by atoms with van der Waals surface area (Å²) in [5.41, 5.74) is 5.60. The number of carbonyl (C=O) groups is 1. The first-order chi connectivity index (χ1) is 15.5. The summed E-state index contributed by atoms with van der Waals surface area (Å²) in [4.78, 5) is 22.8. The van der Waals surface area contributed by atoms with Gasteiger partial charge in [0.05, 0.1) is 11.1 Å². The van der Waals surface area contributed by atoms with Crippen LogP contribution in [0.4, 0.5) is 5.69 Å². The predicted octanol–water partition coefficient (Wildman–Crippen LogP) is 4.99. The van der Waals surface area contributed by atoms with E-state index in [4.69, 9.17) is 9.15 Å². The normalized spacial score (nSPS) is 11.0. The summed E-state index contributed by atoms with van der Waals surface area (Å²) in [6.45, 7) is 2.43. The standard InChI is InChI=1S/C24H19N3O5/c1-16-5-4-6-17(11-16)15-31-21-8-3-2-7-18(21)14-25-26-24(28)23-13-19-12-20(27(29)30)9-10-22(19)32-23/h2-14H,15H2,1H3,(H,26,28)/b25-14+. The molecule has 0 aliphatic rings. The Hall–Kier alpha value is -4.46. The third kappa shape index (κ3) is 4.81. The van der Waals surface area contributed by atoms with Crippen molar-refractivity contribution in [1.82, 2.24) is 5.43 Å². The average molecular weight is 429 g/mol. The maximum atomic E-state index is 12.4. The summed E-state index contributed by atoms with van der Waals surface area (Å²) in [6.07, 6.45) is 1.48. The van der Waals surface area contributed by atoms with Gasteiger partial charge in [-0.15, -0.1) is 0 Å². The van der Waals surface area contributed by atoms with Crippen LogP contribution in [0.1, 0.15) is 27.2 Å². The number of fused-ring (bicyclic) bond motifs is 1. The molecule has 1 heterocycles. The van der Waals surface area contributed by atoms with Gasteiger partial charge in [0.15, 0.2) is 5.76 Å². The lowest BCUT2D eigenvalue weighted by molar-refractivity contribution is -0.384. The van der Waals surface area contributed by atoms with Crippen molar-refractivity contribution >= 4 is 28.8 Å². The minimum absolute atomic E-state index is 0.00151. The Balaban J connectivity index is 1.43. The highest BCUT2D eigenvalue weighted by molar-refractivity contribution is 5.97. The van der Waals surface area contributed by atoms with Crippen LogP contribution in [0.15, 0.2) is 82.3 Å². The Morgan fingerprint density at radius 2 is 1.97 bits per heavy atom. The zero-order chi connectivity index (χ0) is 22.5. The molecule has 4 aromatic rings. The van der Waals surface area contributed by atoms with Gasteiger partial charge in [-0.3, -0.25) is 14.9 Å². The summed E-state index contributed by atoms with van der Waals surface area (Å²) < 4.78 is 11.4. The molecule has 0 aliphatic heterocycles. The van der Waals surface area contributed by atoms with Crippen molar-refractivity contribution in [1.29, 1.82) is 0 Å². The molecule has 0 spiro atoms. The maximum Gasteiger partial charge on any atom is 0.307 e. The van der Waals surface area contributed by atoms with Gasteiger partial charge in [-0.25, -0.2) is 5.43 Å². The van der Waals surface area contributed by atoms with Crippen molar-refractivity contribution in [3.8, 4) is 5.75 Å². The van der Waals surface area contributed by atoms with E-state index in [1.807, 2.05) is 49.4 Å². The van der Waals surface area contributed by atoms with Gasteiger partial charge < -0.3 is 9.15 Å². The molecule has 0 bridgehead atoms. The summed E-state index contributed by atoms with van der Waals surface area (Å²) in [6, 6.07) is 21.0. The number of amides is 1. The number of nitro groups is 1. The number of nitrogens with zero attached hydrogens (tertiary/aromatic N) is 2. The number of carbonyl (C=O) groups excluding carboxylic acids is 1. The number of nitrogens with one attached hydrogen (secondary N) is 1. The lowest BCUT2D eigenvalue weighted by atomic mass is 10.1. The van der Waals surface area contributed by atoms with E-state index in [1.54, 1.807) is 0 Å². The number of hydrogen-bond donors (Lipinski definition) is 1. The van der Waals surface area contributed by atoms with Crippen LogP contribution in [0.25, 0.3) is 11.0 Å². The molecular formula is C24H19N3O5. The number of non-ortho nitro benzene ring substituents is 1. The summed E-state index contributed by atoms with van der Waals surface area (Å²) >= 11 is 0. The third-order valence-electron chi connectivity index (χ3n) is 4.70. The molecule has 0 unspecified atom stereocenters. The number of ether oxygens (including phenoxy) is 1. The molecule has 1 aromatic heterocycles. The highest BCUT2D eigenvalue weighted by Crippen LogP contribution is 2.24. The Labute approximate surface area is 183 Å². The first-order valence-corrected chi connectivity index (χ1v) is 9.78. The molecule has 1 N–H and O–H groups in total. The minimum atomic E-state index is -0.571. The first-order valence-electron chi connectivity index (χ1n) is 9.78. The molecule has 32 heavy (non-hydrogen) atoms. The van der Waals surface area contributed by atoms with Crippen molar-refractivity contribution in [2.75, 3.05) is 0 Å². The van der Waals surface area contributed by atoms with E-state index in [-0.39, 0.29) is 11.4 Å². The fraction of sp³-hybridized carbons (Fsp3) is 0.0833. The highest BCUT2D eigenvalue weighted by Gasteiger charge is 2.14. The maximum absolute atomic E-state index is 12.4. The minimum Gasteiger partial charge on any atom is -0.488 e. The Morgan fingerprint density at radius 3 is 2.78 bits per heavy atom. The second kappa shape index (κ2) is 9.13. The summed E-state index contributed by atoms with van der Waals surface area (Å²) in [5.74, 6) is 0.0583. The molecule has 0 aliphatic carbocycles. The van der Waals surface area contributed by atoms with Crippen molar-refractivity contribution < 1.29 is 18.9 Å². The van der Waals surface area contributed by atoms with Crippen LogP contribution in [0.5, 0.6) is 5.75 Å². The molecule has 0 saturated heterocycles. The molecule has 0 atom stereocenters. The van der Waals surface area contributed by atoms with Gasteiger partial charge in [-0.05, 0) is 36.8 Å². The highest BCUT2D eigenvalue weighted by atomic mass is 16.6. The van der Waals surface area contributed by atoms with Crippen LogP contribution in [0.2, 0.25) is 0 Å². The SMILES string of the molecule is Cc1cccc(COc2ccccc2/C=N/NC(=O)c2cc3cc([N+](=O)[O-])ccc3o2)c1. The van der Waals surface area contributed by atoms with Gasteiger partial charge in [0, 0.05) is 23.1 Å². The Bertz CT molecular complexity index is 1330. The monoisotopic (exact) mass is 429 g/mol. The quantitative estimate of drug-likeness (QED) is 0.253. The van der Waals surface area contributed by atoms with Crippen molar-refractivity contribution in [2.45, 2.75) is 13.5 Å². The van der Waals surface area contributed by atoms with E-state index in [0.29, 0.717) is 28.9 Å². The predicted molar refractivity (Wildman–Crippen MR) is 120 cm³/mol. The Kier molecular flexibility index (Phi) is 5.94. The van der Waals surface area contributed by atoms with E-state index < -0.39 is 10.8 Å². The summed E-state index contributed by atoms with van der Waals surface area (Å²) in [5, 5.41) is 15.3. The van der Waals surface area contributed by atoms with Crippen molar-refractivity contribution in [3.05, 3.63) is 105 Å². The largest absolute Gasteiger partial charge is 0.488 e. The number of rotatable bonds is 7. The van der Waals surface area contributed by atoms with E-state index >= 15 is 0 Å². The molecular weight excluding hydrogens is 410 g/mol. The molecule has 0 radical (unpaired) electrons. The number of aryl methyl sites for hydroxylation is 1. The number of hydrazone groups is 1. The van der Waals surface area contributed by atoms with E-state index in [0.717, 1.165) is 11.1 Å². The smallest absolute Gasteiger partial charge is 0.307 e. The number of benzene rings is 3. The summed E-state index contributed by atoms with van der Waals surface area (Å²) in [7, 11) is 0. The average Bonchev–Trinajstić information content (AvgIpc) is 3.22. The van der Waals surface area contributed by atoms with Gasteiger partial charge in [0.25, 0.3) is 5.69 Å². The molecule has 4 rings (SSSR count). The lowest BCUT2D eigenvalue weighted by Crippen LogP contribution is -2.16. The Morgan fingerprint density at radius 1 is 1.12 bits per heavy atom. The molecule has 0 fully saturated rings. The first kappa shape index (κ1) is 20.8. The van der Waals surface area contributed by atoms with E-state index in [1.165, 1.54) is 30.5 Å². The number of hydrogen-bond acceptors (Lipinski definition) is 6. The molecule has 0 saturated carbocycles. The molecule has 160 valence electrons.